The molecule has 1 aromatic heterocycles. The first-order valence-electron chi connectivity index (χ1n) is 8.79. The predicted octanol–water partition coefficient (Wildman–Crippen LogP) is 4.81. The van der Waals surface area contributed by atoms with E-state index in [1.165, 1.54) is 18.2 Å². The van der Waals surface area contributed by atoms with E-state index in [2.05, 4.69) is 15.8 Å². The Balaban J connectivity index is 2.47. The highest BCUT2D eigenvalue weighted by Gasteiger charge is 2.58. The van der Waals surface area contributed by atoms with Crippen LogP contribution in [0.5, 0.6) is 0 Å². The number of hydrogen-bond acceptors (Lipinski definition) is 3. The van der Waals surface area contributed by atoms with Crippen molar-refractivity contribution in [3.05, 3.63) is 62.0 Å². The first kappa shape index (κ1) is 19.8. The molecule has 1 atom stereocenters. The van der Waals surface area contributed by atoms with Gasteiger partial charge in [0.1, 0.15) is 5.41 Å². The fourth-order valence-corrected chi connectivity index (χ4v) is 3.95. The standard InChI is InChI=1S/C19H21ClF3N3O/c1-3-4-7-18(19(21,22)23)14-8-11(2)25-17(27)13(14)10-24-26-16-6-5-12(20)9-15(16)18/h5-6,8-9,24,26H,3-4,7,10H2,1-2H3,(H,25,27). The fourth-order valence-electron chi connectivity index (χ4n) is 3.78. The summed E-state index contributed by atoms with van der Waals surface area (Å²) in [6.45, 7) is 3.40. The smallest absolute Gasteiger partial charge is 0.326 e. The van der Waals surface area contributed by atoms with Crippen molar-refractivity contribution in [2.24, 2.45) is 0 Å². The van der Waals surface area contributed by atoms with E-state index in [1.54, 1.807) is 13.0 Å². The van der Waals surface area contributed by atoms with Gasteiger partial charge in [0.15, 0.2) is 0 Å². The van der Waals surface area contributed by atoms with Crippen molar-refractivity contribution in [1.82, 2.24) is 10.4 Å². The van der Waals surface area contributed by atoms with Crippen molar-refractivity contribution in [1.29, 1.82) is 0 Å². The number of pyridine rings is 1. The highest BCUT2D eigenvalue weighted by atomic mass is 35.5. The predicted molar refractivity (Wildman–Crippen MR) is 100 cm³/mol. The Bertz CT molecular complexity index is 910. The van der Waals surface area contributed by atoms with Gasteiger partial charge in [-0.2, -0.15) is 13.2 Å². The van der Waals surface area contributed by atoms with Crippen LogP contribution in [0.3, 0.4) is 0 Å². The number of rotatable bonds is 3. The minimum absolute atomic E-state index is 0.0118. The van der Waals surface area contributed by atoms with Crippen LogP contribution in [0.4, 0.5) is 18.9 Å². The number of aromatic nitrogens is 1. The maximum absolute atomic E-state index is 14.8. The molecule has 4 nitrogen and oxygen atoms in total. The Morgan fingerprint density at radius 2 is 1.96 bits per heavy atom. The van der Waals surface area contributed by atoms with Crippen LogP contribution in [0.15, 0.2) is 29.1 Å². The van der Waals surface area contributed by atoms with Crippen molar-refractivity contribution >= 4 is 17.3 Å². The molecule has 3 rings (SSSR count). The summed E-state index contributed by atoms with van der Waals surface area (Å²) in [7, 11) is 0. The number of aryl methyl sites for hydroxylation is 1. The number of unbranched alkanes of at least 4 members (excludes halogenated alkanes) is 1. The van der Waals surface area contributed by atoms with Gasteiger partial charge in [0, 0.05) is 22.8 Å². The second-order valence-corrected chi connectivity index (χ2v) is 7.29. The summed E-state index contributed by atoms with van der Waals surface area (Å²) in [4.78, 5) is 15.1. The van der Waals surface area contributed by atoms with Gasteiger partial charge in [0.25, 0.3) is 5.56 Å². The van der Waals surface area contributed by atoms with Gasteiger partial charge in [-0.05, 0) is 48.7 Å². The van der Waals surface area contributed by atoms with Gasteiger partial charge in [0.05, 0.1) is 5.69 Å². The zero-order valence-electron chi connectivity index (χ0n) is 15.1. The summed E-state index contributed by atoms with van der Waals surface area (Å²) < 4.78 is 44.3. The third kappa shape index (κ3) is 3.34. The zero-order valence-corrected chi connectivity index (χ0v) is 15.8. The molecule has 27 heavy (non-hydrogen) atoms. The molecule has 1 aromatic carbocycles. The summed E-state index contributed by atoms with van der Waals surface area (Å²) in [6, 6.07) is 5.86. The summed E-state index contributed by atoms with van der Waals surface area (Å²) in [6.07, 6.45) is -3.84. The number of alkyl halides is 3. The number of benzene rings is 1. The number of hydrazine groups is 1. The molecule has 0 saturated heterocycles. The summed E-state index contributed by atoms with van der Waals surface area (Å²) in [5, 5.41) is 0.212. The largest absolute Gasteiger partial charge is 0.402 e. The molecule has 0 aliphatic carbocycles. The average Bonchev–Trinajstić information content (AvgIpc) is 2.56. The summed E-state index contributed by atoms with van der Waals surface area (Å²) in [5.74, 6) is 0. The number of nitrogens with one attached hydrogen (secondary N) is 3. The summed E-state index contributed by atoms with van der Waals surface area (Å²) >= 11 is 6.09. The molecular formula is C19H21ClF3N3O. The van der Waals surface area contributed by atoms with Gasteiger partial charge >= 0.3 is 6.18 Å². The van der Waals surface area contributed by atoms with E-state index in [4.69, 9.17) is 11.6 Å². The van der Waals surface area contributed by atoms with Gasteiger partial charge < -0.3 is 10.4 Å². The van der Waals surface area contributed by atoms with Gasteiger partial charge in [-0.1, -0.05) is 31.4 Å². The van der Waals surface area contributed by atoms with Crippen LogP contribution in [0, 0.1) is 6.92 Å². The molecular weight excluding hydrogens is 379 g/mol. The van der Waals surface area contributed by atoms with Gasteiger partial charge in [-0.3, -0.25) is 4.79 Å². The molecule has 0 saturated carbocycles. The maximum atomic E-state index is 14.8. The third-order valence-electron chi connectivity index (χ3n) is 5.05. The SMILES string of the molecule is CCCCC1(C(F)(F)F)c2cc(Cl)ccc2NNCc2c1cc(C)[nH]c2=O. The van der Waals surface area contributed by atoms with Crippen LogP contribution in [-0.4, -0.2) is 11.2 Å². The second-order valence-electron chi connectivity index (χ2n) is 6.85. The fraction of sp³-hybridized carbons (Fsp3) is 0.421. The van der Waals surface area contributed by atoms with Crippen LogP contribution in [0.25, 0.3) is 0 Å². The van der Waals surface area contributed by atoms with Gasteiger partial charge in [0.2, 0.25) is 0 Å². The lowest BCUT2D eigenvalue weighted by Gasteiger charge is -2.40. The molecule has 8 heteroatoms. The number of aromatic amines is 1. The van der Waals surface area contributed by atoms with Crippen LogP contribution >= 0.6 is 11.6 Å². The van der Waals surface area contributed by atoms with Crippen molar-refractivity contribution < 1.29 is 13.2 Å². The van der Waals surface area contributed by atoms with Crippen molar-refractivity contribution in [2.45, 2.75) is 51.2 Å². The van der Waals surface area contributed by atoms with Crippen LogP contribution < -0.4 is 16.4 Å². The molecule has 1 aliphatic heterocycles. The molecule has 1 aliphatic rings. The van der Waals surface area contributed by atoms with E-state index in [0.717, 1.165) is 0 Å². The molecule has 0 spiro atoms. The minimum Gasteiger partial charge on any atom is -0.326 e. The molecule has 146 valence electrons. The van der Waals surface area contributed by atoms with Crippen molar-refractivity contribution in [3.63, 3.8) is 0 Å². The Kier molecular flexibility index (Phi) is 5.27. The molecule has 0 bridgehead atoms. The number of fused-ring (bicyclic) bond motifs is 2. The highest BCUT2D eigenvalue weighted by Crippen LogP contribution is 2.53. The lowest BCUT2D eigenvalue weighted by molar-refractivity contribution is -0.180. The molecule has 0 amide bonds. The minimum atomic E-state index is -4.62. The van der Waals surface area contributed by atoms with E-state index in [-0.39, 0.29) is 34.7 Å². The topological polar surface area (TPSA) is 56.9 Å². The van der Waals surface area contributed by atoms with Crippen molar-refractivity contribution in [2.75, 3.05) is 5.43 Å². The Morgan fingerprint density at radius 1 is 1.22 bits per heavy atom. The first-order valence-corrected chi connectivity index (χ1v) is 9.17. The quantitative estimate of drug-likeness (QED) is 0.694. The van der Waals surface area contributed by atoms with Gasteiger partial charge in [-0.25, -0.2) is 5.43 Å². The molecule has 1 unspecified atom stereocenters. The van der Waals surface area contributed by atoms with E-state index >= 15 is 0 Å². The number of anilines is 1. The van der Waals surface area contributed by atoms with E-state index in [0.29, 0.717) is 24.2 Å². The highest BCUT2D eigenvalue weighted by molar-refractivity contribution is 6.30. The number of hydrogen-bond donors (Lipinski definition) is 3. The monoisotopic (exact) mass is 399 g/mol. The normalized spacial score (nSPS) is 19.5. The van der Waals surface area contributed by atoms with E-state index < -0.39 is 17.2 Å². The van der Waals surface area contributed by atoms with Crippen LogP contribution in [-0.2, 0) is 12.0 Å². The van der Waals surface area contributed by atoms with Crippen LogP contribution in [0.2, 0.25) is 5.02 Å². The van der Waals surface area contributed by atoms with Crippen molar-refractivity contribution in [3.8, 4) is 0 Å². The van der Waals surface area contributed by atoms with Gasteiger partial charge in [-0.15, -0.1) is 0 Å². The number of halogens is 4. The maximum Gasteiger partial charge on any atom is 0.402 e. The average molecular weight is 400 g/mol. The molecule has 2 aromatic rings. The Labute approximate surface area is 160 Å². The molecule has 2 heterocycles. The zero-order chi connectivity index (χ0) is 19.8. The lowest BCUT2D eigenvalue weighted by atomic mass is 9.68. The van der Waals surface area contributed by atoms with E-state index in [9.17, 15) is 18.0 Å². The number of H-pyrrole nitrogens is 1. The van der Waals surface area contributed by atoms with Crippen LogP contribution in [0.1, 0.15) is 48.6 Å². The molecule has 3 N–H and O–H groups in total. The third-order valence-corrected chi connectivity index (χ3v) is 5.28. The lowest BCUT2D eigenvalue weighted by Crippen LogP contribution is -2.48. The molecule has 0 fully saturated rings. The second kappa shape index (κ2) is 7.20. The first-order chi connectivity index (χ1) is 12.7. The van der Waals surface area contributed by atoms with E-state index in [1.807, 2.05) is 6.92 Å². The summed E-state index contributed by atoms with van der Waals surface area (Å²) in [5.41, 5.74) is 3.59. The Morgan fingerprint density at radius 3 is 2.63 bits per heavy atom. The molecule has 0 radical (unpaired) electrons. The Hall–Kier alpha value is -1.99.